The van der Waals surface area contributed by atoms with Crippen molar-refractivity contribution in [2.75, 3.05) is 26.8 Å². The Morgan fingerprint density at radius 3 is 2.48 bits per heavy atom. The van der Waals surface area contributed by atoms with E-state index in [4.69, 9.17) is 9.47 Å². The average Bonchev–Trinajstić information content (AvgIpc) is 2.91. The van der Waals surface area contributed by atoms with Gasteiger partial charge in [-0.2, -0.15) is 0 Å². The van der Waals surface area contributed by atoms with Crippen LogP contribution in [-0.4, -0.2) is 65.7 Å². The molecule has 8 heteroatoms. The molecule has 3 amide bonds. The molecule has 2 aliphatic rings. The van der Waals surface area contributed by atoms with Gasteiger partial charge in [0.25, 0.3) is 11.8 Å². The maximum atomic E-state index is 12.9. The van der Waals surface area contributed by atoms with E-state index >= 15 is 0 Å². The summed E-state index contributed by atoms with van der Waals surface area (Å²) in [5.74, 6) is -1.43. The van der Waals surface area contributed by atoms with E-state index in [2.05, 4.69) is 0 Å². The minimum atomic E-state index is -0.713. The molecule has 8 nitrogen and oxygen atoms in total. The summed E-state index contributed by atoms with van der Waals surface area (Å²) in [6.45, 7) is 2.79. The van der Waals surface area contributed by atoms with E-state index in [1.165, 1.54) is 7.11 Å². The standard InChI is InChI=1S/C19H22N2O6/c1-3-27-19(25)20-10-8-12(9-11-20)21-17(23)15(16(22)18(21)24)13-6-4-5-7-14(13)26-2/h4-7,12,22H,3,8-11H2,1-2H3. The maximum absolute atomic E-state index is 12.9. The Morgan fingerprint density at radius 2 is 1.85 bits per heavy atom. The van der Waals surface area contributed by atoms with Gasteiger partial charge in [0.15, 0.2) is 5.76 Å². The maximum Gasteiger partial charge on any atom is 0.409 e. The quantitative estimate of drug-likeness (QED) is 0.810. The monoisotopic (exact) mass is 374 g/mol. The summed E-state index contributed by atoms with van der Waals surface area (Å²) in [7, 11) is 1.46. The molecule has 0 aliphatic carbocycles. The summed E-state index contributed by atoms with van der Waals surface area (Å²) in [5, 5.41) is 10.3. The van der Waals surface area contributed by atoms with Gasteiger partial charge < -0.3 is 19.5 Å². The highest BCUT2D eigenvalue weighted by Gasteiger charge is 2.44. The lowest BCUT2D eigenvalue weighted by Gasteiger charge is -2.35. The van der Waals surface area contributed by atoms with Crippen molar-refractivity contribution in [1.82, 2.24) is 9.80 Å². The van der Waals surface area contributed by atoms with E-state index in [-0.39, 0.29) is 11.6 Å². The molecule has 0 saturated carbocycles. The highest BCUT2D eigenvalue weighted by Crippen LogP contribution is 2.35. The number of piperidine rings is 1. The Morgan fingerprint density at radius 1 is 1.19 bits per heavy atom. The number of ether oxygens (including phenoxy) is 2. The topological polar surface area (TPSA) is 96.4 Å². The smallest absolute Gasteiger partial charge is 0.409 e. The molecule has 3 rings (SSSR count). The van der Waals surface area contributed by atoms with Crippen LogP contribution < -0.4 is 4.74 Å². The number of amides is 3. The van der Waals surface area contributed by atoms with E-state index in [9.17, 15) is 19.5 Å². The number of imide groups is 1. The van der Waals surface area contributed by atoms with Gasteiger partial charge in [-0.1, -0.05) is 18.2 Å². The second kappa shape index (κ2) is 7.69. The van der Waals surface area contributed by atoms with Gasteiger partial charge >= 0.3 is 6.09 Å². The Balaban J connectivity index is 1.78. The van der Waals surface area contributed by atoms with Gasteiger partial charge in [-0.05, 0) is 25.8 Å². The van der Waals surface area contributed by atoms with E-state index in [0.29, 0.717) is 43.9 Å². The van der Waals surface area contributed by atoms with Crippen LogP contribution in [0.1, 0.15) is 25.3 Å². The Hall–Kier alpha value is -3.03. The van der Waals surface area contributed by atoms with E-state index in [1.807, 2.05) is 0 Å². The summed E-state index contributed by atoms with van der Waals surface area (Å²) >= 11 is 0. The molecule has 0 aromatic heterocycles. The first-order valence-corrected chi connectivity index (χ1v) is 8.85. The predicted octanol–water partition coefficient (Wildman–Crippen LogP) is 1.95. The molecule has 0 bridgehead atoms. The summed E-state index contributed by atoms with van der Waals surface area (Å²) in [6, 6.07) is 6.35. The Bertz CT molecular complexity index is 795. The number of likely N-dealkylation sites (tertiary alicyclic amines) is 1. The number of para-hydroxylation sites is 1. The lowest BCUT2D eigenvalue weighted by molar-refractivity contribution is -0.141. The first-order chi connectivity index (χ1) is 13.0. The van der Waals surface area contributed by atoms with Crippen molar-refractivity contribution in [2.24, 2.45) is 0 Å². The zero-order valence-electron chi connectivity index (χ0n) is 15.3. The zero-order valence-corrected chi connectivity index (χ0v) is 15.3. The molecular weight excluding hydrogens is 352 g/mol. The fraction of sp³-hybridized carbons (Fsp3) is 0.421. The van der Waals surface area contributed by atoms with Crippen LogP contribution in [-0.2, 0) is 14.3 Å². The molecule has 0 atom stereocenters. The van der Waals surface area contributed by atoms with Crippen molar-refractivity contribution >= 4 is 23.5 Å². The molecule has 0 spiro atoms. The molecule has 144 valence electrons. The lowest BCUT2D eigenvalue weighted by Crippen LogP contribution is -2.49. The van der Waals surface area contributed by atoms with Crippen LogP contribution in [0.3, 0.4) is 0 Å². The van der Waals surface area contributed by atoms with Crippen molar-refractivity contribution in [1.29, 1.82) is 0 Å². The number of benzene rings is 1. The Labute approximate surface area is 156 Å². The normalized spacial score (nSPS) is 18.3. The number of rotatable bonds is 4. The second-order valence-electron chi connectivity index (χ2n) is 6.32. The summed E-state index contributed by atoms with van der Waals surface area (Å²) in [4.78, 5) is 40.0. The van der Waals surface area contributed by atoms with Gasteiger partial charge in [0.2, 0.25) is 0 Å². The molecule has 1 N–H and O–H groups in total. The summed E-state index contributed by atoms with van der Waals surface area (Å²) < 4.78 is 10.2. The third-order valence-electron chi connectivity index (χ3n) is 4.82. The predicted molar refractivity (Wildman–Crippen MR) is 96.0 cm³/mol. The third kappa shape index (κ3) is 3.34. The van der Waals surface area contributed by atoms with Crippen molar-refractivity contribution in [3.8, 4) is 5.75 Å². The average molecular weight is 374 g/mol. The zero-order chi connectivity index (χ0) is 19.6. The van der Waals surface area contributed by atoms with Crippen LogP contribution in [0.5, 0.6) is 5.75 Å². The molecule has 1 saturated heterocycles. The number of hydrogen-bond acceptors (Lipinski definition) is 6. The van der Waals surface area contributed by atoms with E-state index in [0.717, 1.165) is 4.90 Å². The van der Waals surface area contributed by atoms with Gasteiger partial charge in [-0.15, -0.1) is 0 Å². The van der Waals surface area contributed by atoms with Crippen LogP contribution in [0.4, 0.5) is 4.79 Å². The minimum Gasteiger partial charge on any atom is -0.502 e. The van der Waals surface area contributed by atoms with Crippen molar-refractivity contribution in [2.45, 2.75) is 25.8 Å². The largest absolute Gasteiger partial charge is 0.502 e. The molecular formula is C19H22N2O6. The first-order valence-electron chi connectivity index (χ1n) is 8.85. The fourth-order valence-corrected chi connectivity index (χ4v) is 3.48. The molecule has 2 heterocycles. The summed E-state index contributed by atoms with van der Waals surface area (Å²) in [6.07, 6.45) is 0.469. The number of nitrogens with zero attached hydrogens (tertiary/aromatic N) is 2. The summed E-state index contributed by atoms with van der Waals surface area (Å²) in [5.41, 5.74) is 0.326. The van der Waals surface area contributed by atoms with Gasteiger partial charge in [-0.3, -0.25) is 14.5 Å². The van der Waals surface area contributed by atoms with Gasteiger partial charge in [0.05, 0.1) is 19.3 Å². The van der Waals surface area contributed by atoms with Crippen LogP contribution in [0.2, 0.25) is 0 Å². The third-order valence-corrected chi connectivity index (χ3v) is 4.82. The SMILES string of the molecule is CCOC(=O)N1CCC(N2C(=O)C(O)=C(c3ccccc3OC)C2=O)CC1. The number of aliphatic hydroxyl groups excluding tert-OH is 1. The van der Waals surface area contributed by atoms with Crippen LogP contribution >= 0.6 is 0 Å². The van der Waals surface area contributed by atoms with Gasteiger partial charge in [0, 0.05) is 24.7 Å². The highest BCUT2D eigenvalue weighted by atomic mass is 16.6. The van der Waals surface area contributed by atoms with Gasteiger partial charge in [0.1, 0.15) is 5.75 Å². The molecule has 1 fully saturated rings. The highest BCUT2D eigenvalue weighted by molar-refractivity contribution is 6.35. The molecule has 0 radical (unpaired) electrons. The van der Waals surface area contributed by atoms with Gasteiger partial charge in [-0.25, -0.2) is 4.79 Å². The number of carbonyl (C=O) groups excluding carboxylic acids is 3. The van der Waals surface area contributed by atoms with E-state index < -0.39 is 23.7 Å². The van der Waals surface area contributed by atoms with Crippen LogP contribution in [0.15, 0.2) is 30.0 Å². The van der Waals surface area contributed by atoms with E-state index in [1.54, 1.807) is 36.1 Å². The van der Waals surface area contributed by atoms with Crippen molar-refractivity contribution in [3.63, 3.8) is 0 Å². The molecule has 1 aromatic rings. The second-order valence-corrected chi connectivity index (χ2v) is 6.32. The van der Waals surface area contributed by atoms with Crippen molar-refractivity contribution in [3.05, 3.63) is 35.6 Å². The van der Waals surface area contributed by atoms with Crippen molar-refractivity contribution < 1.29 is 29.0 Å². The van der Waals surface area contributed by atoms with Crippen LogP contribution in [0.25, 0.3) is 5.57 Å². The number of methoxy groups -OCH3 is 1. The minimum absolute atomic E-state index is 0.0507. The molecule has 27 heavy (non-hydrogen) atoms. The Kier molecular flexibility index (Phi) is 5.34. The number of aliphatic hydroxyl groups is 1. The number of carbonyl (C=O) groups is 3. The fourth-order valence-electron chi connectivity index (χ4n) is 3.48. The number of hydrogen-bond donors (Lipinski definition) is 1. The van der Waals surface area contributed by atoms with Crippen LogP contribution in [0, 0.1) is 0 Å². The first kappa shape index (κ1) is 18.8. The molecule has 0 unspecified atom stereocenters. The molecule has 2 aliphatic heterocycles. The molecule has 1 aromatic carbocycles. The lowest BCUT2D eigenvalue weighted by atomic mass is 10.0.